The Labute approximate surface area is 210 Å². The molecule has 1 aliphatic rings. The third-order valence-electron chi connectivity index (χ3n) is 6.41. The summed E-state index contributed by atoms with van der Waals surface area (Å²) in [6.45, 7) is 4.54. The van der Waals surface area contributed by atoms with Crippen molar-refractivity contribution >= 4 is 45.6 Å². The average molecular weight is 519 g/mol. The van der Waals surface area contributed by atoms with Gasteiger partial charge in [-0.25, -0.2) is 8.78 Å². The Balaban J connectivity index is 2.12. The normalized spacial score (nSPS) is 13.7. The molecule has 0 saturated carbocycles. The van der Waals surface area contributed by atoms with Gasteiger partial charge in [-0.1, -0.05) is 11.6 Å². The van der Waals surface area contributed by atoms with Crippen molar-refractivity contribution in [3.05, 3.63) is 61.9 Å². The van der Waals surface area contributed by atoms with Gasteiger partial charge in [0.25, 0.3) is 0 Å². The van der Waals surface area contributed by atoms with Crippen molar-refractivity contribution in [2.24, 2.45) is 0 Å². The van der Waals surface area contributed by atoms with E-state index in [0.717, 1.165) is 6.07 Å². The van der Waals surface area contributed by atoms with Gasteiger partial charge in [-0.3, -0.25) is 14.4 Å². The van der Waals surface area contributed by atoms with E-state index in [9.17, 15) is 18.8 Å². The van der Waals surface area contributed by atoms with E-state index in [1.165, 1.54) is 37.6 Å². The minimum Gasteiger partial charge on any atom is -0.461 e. The van der Waals surface area contributed by atoms with Crippen LogP contribution in [0.5, 0.6) is 0 Å². The summed E-state index contributed by atoms with van der Waals surface area (Å²) in [5, 5.41) is 2.98. The molecule has 3 N–H and O–H groups in total. The summed E-state index contributed by atoms with van der Waals surface area (Å²) in [4.78, 5) is 38.9. The molecule has 1 saturated heterocycles. The Morgan fingerprint density at radius 1 is 1.25 bits per heavy atom. The van der Waals surface area contributed by atoms with Crippen LogP contribution < -0.4 is 21.4 Å². The van der Waals surface area contributed by atoms with E-state index in [-0.39, 0.29) is 62.3 Å². The first-order chi connectivity index (χ1) is 17.0. The van der Waals surface area contributed by atoms with Crippen LogP contribution in [0.4, 0.5) is 20.2 Å². The molecule has 1 aliphatic heterocycles. The fourth-order valence-electron chi connectivity index (χ4n) is 4.37. The number of pyridine rings is 1. The first-order valence-corrected chi connectivity index (χ1v) is 11.6. The largest absolute Gasteiger partial charge is 0.461 e. The molecule has 0 atom stereocenters. The Hall–Kier alpha value is -3.50. The van der Waals surface area contributed by atoms with Crippen molar-refractivity contribution in [1.29, 1.82) is 0 Å². The number of hydrogen-bond acceptors (Lipinski definition) is 7. The van der Waals surface area contributed by atoms with Gasteiger partial charge in [-0.2, -0.15) is 0 Å². The number of nitrogens with one attached hydrogen (secondary N) is 1. The van der Waals surface area contributed by atoms with E-state index >= 15 is 4.39 Å². The van der Waals surface area contributed by atoms with Gasteiger partial charge < -0.3 is 25.3 Å². The number of aromatic nitrogens is 1. The van der Waals surface area contributed by atoms with E-state index in [1.807, 2.05) is 0 Å². The number of Topliss-reactive ketones (excluding diaryl/α,β-unsaturated/α-hetero) is 1. The molecule has 0 spiro atoms. The second kappa shape index (κ2) is 9.51. The van der Waals surface area contributed by atoms with Gasteiger partial charge in [0.1, 0.15) is 12.4 Å². The monoisotopic (exact) mass is 518 g/mol. The molecule has 0 amide bonds. The van der Waals surface area contributed by atoms with Crippen molar-refractivity contribution in [1.82, 2.24) is 9.88 Å². The standard InChI is InChI=1S/C25H25ClF2N4O4/c1-11-20-23(21(26)24(22(11)28)31-7-15(8-31)30-4)32(9-16(12(2)33)25(20)35)19-6-18(29)17(27)5-14(19)10-36-13(3)34/h5-6,9,15,30H,7-8,10,29H2,1-4H3. The number of halogens is 3. The Bertz CT molecular complexity index is 1480. The van der Waals surface area contributed by atoms with Gasteiger partial charge in [0.15, 0.2) is 11.6 Å². The molecule has 1 aromatic heterocycles. The molecule has 2 aromatic carbocycles. The van der Waals surface area contributed by atoms with Crippen LogP contribution in [0.3, 0.4) is 0 Å². The molecule has 190 valence electrons. The van der Waals surface area contributed by atoms with E-state index < -0.39 is 28.8 Å². The number of aryl methyl sites for hydroxylation is 1. The highest BCUT2D eigenvalue weighted by Gasteiger charge is 2.33. The summed E-state index contributed by atoms with van der Waals surface area (Å²) in [6.07, 6.45) is 1.27. The number of esters is 1. The van der Waals surface area contributed by atoms with Gasteiger partial charge in [-0.15, -0.1) is 0 Å². The minimum absolute atomic E-state index is 0.0239. The number of hydrogen-bond donors (Lipinski definition) is 2. The van der Waals surface area contributed by atoms with Crippen LogP contribution in [0.1, 0.15) is 35.3 Å². The number of ketones is 1. The topological polar surface area (TPSA) is 107 Å². The smallest absolute Gasteiger partial charge is 0.302 e. The van der Waals surface area contributed by atoms with Gasteiger partial charge in [0.2, 0.25) is 5.43 Å². The molecule has 8 nitrogen and oxygen atoms in total. The molecule has 0 aliphatic carbocycles. The number of fused-ring (bicyclic) bond motifs is 1. The number of benzene rings is 2. The van der Waals surface area contributed by atoms with E-state index in [1.54, 1.807) is 11.9 Å². The zero-order valence-corrected chi connectivity index (χ0v) is 20.9. The highest BCUT2D eigenvalue weighted by molar-refractivity contribution is 6.38. The van der Waals surface area contributed by atoms with Crippen molar-refractivity contribution in [3.63, 3.8) is 0 Å². The van der Waals surface area contributed by atoms with Crippen LogP contribution in [0.15, 0.2) is 23.1 Å². The molecule has 0 bridgehead atoms. The third-order valence-corrected chi connectivity index (χ3v) is 6.77. The number of rotatable bonds is 6. The highest BCUT2D eigenvalue weighted by atomic mass is 35.5. The van der Waals surface area contributed by atoms with Crippen molar-refractivity contribution < 1.29 is 23.1 Å². The third kappa shape index (κ3) is 4.20. The predicted molar refractivity (Wildman–Crippen MR) is 134 cm³/mol. The number of carbonyl (C=O) groups excluding carboxylic acids is 2. The number of ether oxygens (including phenoxy) is 1. The van der Waals surface area contributed by atoms with Gasteiger partial charge in [-0.05, 0) is 33.0 Å². The van der Waals surface area contributed by atoms with Crippen LogP contribution in [0.25, 0.3) is 16.6 Å². The Morgan fingerprint density at radius 3 is 2.50 bits per heavy atom. The number of nitrogens with two attached hydrogens (primary N) is 1. The molecule has 1 fully saturated rings. The lowest BCUT2D eigenvalue weighted by Gasteiger charge is -2.41. The summed E-state index contributed by atoms with van der Waals surface area (Å²) < 4.78 is 36.5. The van der Waals surface area contributed by atoms with Crippen LogP contribution in [0.2, 0.25) is 5.02 Å². The number of nitrogen functional groups attached to an aromatic ring is 1. The highest BCUT2D eigenvalue weighted by Crippen LogP contribution is 2.41. The lowest BCUT2D eigenvalue weighted by Crippen LogP contribution is -2.57. The number of anilines is 2. The van der Waals surface area contributed by atoms with Crippen molar-refractivity contribution in [2.45, 2.75) is 33.4 Å². The summed E-state index contributed by atoms with van der Waals surface area (Å²) in [5.41, 5.74) is 5.44. The molecule has 11 heteroatoms. The molecule has 0 unspecified atom stereocenters. The predicted octanol–water partition coefficient (Wildman–Crippen LogP) is 3.49. The Kier molecular flexibility index (Phi) is 6.76. The first kappa shape index (κ1) is 25.6. The molecular formula is C25H25ClF2N4O4. The molecule has 4 rings (SSSR count). The minimum atomic E-state index is -0.745. The van der Waals surface area contributed by atoms with Crippen LogP contribution in [-0.2, 0) is 16.1 Å². The summed E-state index contributed by atoms with van der Waals surface area (Å²) in [7, 11) is 1.80. The molecule has 36 heavy (non-hydrogen) atoms. The average Bonchev–Trinajstić information content (AvgIpc) is 2.78. The molecule has 3 aromatic rings. The zero-order valence-electron chi connectivity index (χ0n) is 20.2. The van der Waals surface area contributed by atoms with E-state index in [0.29, 0.717) is 13.1 Å². The summed E-state index contributed by atoms with van der Waals surface area (Å²) in [5.74, 6) is -2.55. The summed E-state index contributed by atoms with van der Waals surface area (Å²) >= 11 is 6.79. The molecular weight excluding hydrogens is 494 g/mol. The second-order valence-electron chi connectivity index (χ2n) is 8.80. The fraction of sp³-hybridized carbons (Fsp3) is 0.320. The number of nitrogens with zero attached hydrogens (tertiary/aromatic N) is 2. The maximum Gasteiger partial charge on any atom is 0.302 e. The lowest BCUT2D eigenvalue weighted by atomic mass is 9.99. The first-order valence-electron chi connectivity index (χ1n) is 11.2. The zero-order chi connectivity index (χ0) is 26.5. The summed E-state index contributed by atoms with van der Waals surface area (Å²) in [6, 6.07) is 2.53. The van der Waals surface area contributed by atoms with E-state index in [2.05, 4.69) is 5.32 Å². The van der Waals surface area contributed by atoms with Crippen molar-refractivity contribution in [3.8, 4) is 5.69 Å². The maximum atomic E-state index is 15.6. The van der Waals surface area contributed by atoms with E-state index in [4.69, 9.17) is 22.1 Å². The quantitative estimate of drug-likeness (QED) is 0.292. The lowest BCUT2D eigenvalue weighted by molar-refractivity contribution is -0.142. The van der Waals surface area contributed by atoms with Gasteiger partial charge >= 0.3 is 5.97 Å². The second-order valence-corrected chi connectivity index (χ2v) is 9.17. The van der Waals surface area contributed by atoms with Gasteiger partial charge in [0, 0.05) is 43.4 Å². The number of likely N-dealkylation sites (N-methyl/N-ethyl adjacent to an activating group) is 1. The fourth-order valence-corrected chi connectivity index (χ4v) is 4.76. The number of carbonyl (C=O) groups is 2. The Morgan fingerprint density at radius 2 is 1.92 bits per heavy atom. The molecule has 0 radical (unpaired) electrons. The van der Waals surface area contributed by atoms with Crippen LogP contribution in [0, 0.1) is 18.6 Å². The maximum absolute atomic E-state index is 15.6. The van der Waals surface area contributed by atoms with Gasteiger partial charge in [0.05, 0.1) is 38.6 Å². The van der Waals surface area contributed by atoms with Crippen LogP contribution >= 0.6 is 11.6 Å². The molecule has 2 heterocycles. The van der Waals surface area contributed by atoms with Crippen molar-refractivity contribution in [2.75, 3.05) is 30.8 Å². The van der Waals surface area contributed by atoms with Crippen LogP contribution in [-0.4, -0.2) is 42.5 Å². The SMILES string of the molecule is CNC1CN(c2c(F)c(C)c3c(=O)c(C(C)=O)cn(-c4cc(N)c(F)cc4COC(C)=O)c3c2Cl)C1.